The van der Waals surface area contributed by atoms with Gasteiger partial charge in [-0.1, -0.05) is 17.8 Å². The Labute approximate surface area is 121 Å². The van der Waals surface area contributed by atoms with Crippen molar-refractivity contribution in [1.82, 2.24) is 0 Å². The number of alkyl halides is 3. The molecule has 0 radical (unpaired) electrons. The zero-order chi connectivity index (χ0) is 15.6. The molecule has 0 aliphatic carbocycles. The molecule has 0 aliphatic rings. The van der Waals surface area contributed by atoms with E-state index in [1.807, 2.05) is 0 Å². The molecular formula is C14H9F5OS. The van der Waals surface area contributed by atoms with Gasteiger partial charge in [-0.2, -0.15) is 13.2 Å². The van der Waals surface area contributed by atoms with E-state index in [0.29, 0.717) is 11.8 Å². The lowest BCUT2D eigenvalue weighted by Crippen LogP contribution is -2.07. The van der Waals surface area contributed by atoms with Crippen LogP contribution >= 0.6 is 11.8 Å². The van der Waals surface area contributed by atoms with Crippen molar-refractivity contribution in [3.63, 3.8) is 0 Å². The molecule has 0 atom stereocenters. The average molecular weight is 320 g/mol. The highest BCUT2D eigenvalue weighted by Gasteiger charge is 2.34. The Morgan fingerprint density at radius 2 is 1.67 bits per heavy atom. The Bertz CT molecular complexity index is 654. The maximum absolute atomic E-state index is 13.5. The molecule has 0 saturated carbocycles. The van der Waals surface area contributed by atoms with E-state index in [4.69, 9.17) is 5.11 Å². The van der Waals surface area contributed by atoms with Crippen molar-refractivity contribution >= 4 is 11.8 Å². The van der Waals surface area contributed by atoms with Crippen LogP contribution in [-0.2, 0) is 12.8 Å². The Hall–Kier alpha value is -1.60. The summed E-state index contributed by atoms with van der Waals surface area (Å²) >= 11 is 0.484. The lowest BCUT2D eigenvalue weighted by molar-refractivity contribution is -0.139. The van der Waals surface area contributed by atoms with Crippen molar-refractivity contribution < 1.29 is 27.1 Å². The van der Waals surface area contributed by atoms with E-state index in [-0.39, 0.29) is 15.4 Å². The number of halogens is 5. The molecule has 0 saturated heterocycles. The maximum atomic E-state index is 13.5. The van der Waals surface area contributed by atoms with E-state index >= 15 is 0 Å². The number of rotatable bonds is 3. The van der Waals surface area contributed by atoms with Gasteiger partial charge >= 0.3 is 6.18 Å². The van der Waals surface area contributed by atoms with Crippen LogP contribution < -0.4 is 0 Å². The first-order valence-corrected chi connectivity index (χ1v) is 6.57. The molecule has 21 heavy (non-hydrogen) atoms. The highest BCUT2D eigenvalue weighted by Crippen LogP contribution is 2.40. The highest BCUT2D eigenvalue weighted by atomic mass is 32.2. The van der Waals surface area contributed by atoms with Crippen LogP contribution in [0.15, 0.2) is 46.2 Å². The third kappa shape index (κ3) is 3.74. The van der Waals surface area contributed by atoms with E-state index in [1.165, 1.54) is 6.07 Å². The van der Waals surface area contributed by atoms with E-state index in [0.717, 1.165) is 30.3 Å². The second kappa shape index (κ2) is 6.03. The second-order valence-electron chi connectivity index (χ2n) is 4.16. The molecule has 0 aliphatic heterocycles. The Balaban J connectivity index is 2.46. The molecule has 2 rings (SSSR count). The molecule has 0 aromatic heterocycles. The average Bonchev–Trinajstić information content (AvgIpc) is 2.42. The van der Waals surface area contributed by atoms with E-state index < -0.39 is 30.0 Å². The van der Waals surface area contributed by atoms with Gasteiger partial charge in [-0.15, -0.1) is 0 Å². The minimum atomic E-state index is -4.66. The Morgan fingerprint density at radius 3 is 2.29 bits per heavy atom. The topological polar surface area (TPSA) is 20.2 Å². The van der Waals surface area contributed by atoms with Crippen LogP contribution in [0.1, 0.15) is 11.1 Å². The highest BCUT2D eigenvalue weighted by molar-refractivity contribution is 7.99. The first-order chi connectivity index (χ1) is 9.81. The zero-order valence-electron chi connectivity index (χ0n) is 10.4. The van der Waals surface area contributed by atoms with Crippen molar-refractivity contribution in [3.05, 3.63) is 59.2 Å². The zero-order valence-corrected chi connectivity index (χ0v) is 11.2. The lowest BCUT2D eigenvalue weighted by Gasteiger charge is -2.14. The molecule has 0 fully saturated rings. The fourth-order valence-corrected chi connectivity index (χ4v) is 2.65. The first kappa shape index (κ1) is 15.8. The monoisotopic (exact) mass is 320 g/mol. The van der Waals surface area contributed by atoms with Gasteiger partial charge in [0.2, 0.25) is 0 Å². The summed E-state index contributed by atoms with van der Waals surface area (Å²) in [6.45, 7) is -0.539. The quantitative estimate of drug-likeness (QED) is 0.832. The van der Waals surface area contributed by atoms with Crippen LogP contribution in [0.3, 0.4) is 0 Å². The summed E-state index contributed by atoms with van der Waals surface area (Å²) in [4.78, 5) is -0.499. The smallest absolute Gasteiger partial charge is 0.392 e. The fourth-order valence-electron chi connectivity index (χ4n) is 1.66. The molecule has 2 aromatic carbocycles. The number of hydrogen-bond donors (Lipinski definition) is 1. The van der Waals surface area contributed by atoms with Gasteiger partial charge in [0.25, 0.3) is 0 Å². The lowest BCUT2D eigenvalue weighted by atomic mass is 10.1. The summed E-state index contributed by atoms with van der Waals surface area (Å²) in [5.74, 6) is -1.54. The van der Waals surface area contributed by atoms with Crippen molar-refractivity contribution in [3.8, 4) is 0 Å². The molecular weight excluding hydrogens is 311 g/mol. The molecule has 2 aromatic rings. The second-order valence-corrected chi connectivity index (χ2v) is 5.25. The molecule has 7 heteroatoms. The standard InChI is InChI=1S/C14H9F5OS/c15-9-2-3-11(16)13(6-9)21-12-4-1-8(7-20)5-10(12)14(17,18)19/h1-6,20H,7H2. The summed E-state index contributed by atoms with van der Waals surface area (Å²) in [6.07, 6.45) is -4.66. The third-order valence-corrected chi connectivity index (χ3v) is 3.75. The number of hydrogen-bond acceptors (Lipinski definition) is 2. The van der Waals surface area contributed by atoms with E-state index in [1.54, 1.807) is 0 Å². The summed E-state index contributed by atoms with van der Waals surface area (Å²) in [5, 5.41) is 8.91. The van der Waals surface area contributed by atoms with E-state index in [2.05, 4.69) is 0 Å². The van der Waals surface area contributed by atoms with Crippen molar-refractivity contribution in [2.45, 2.75) is 22.6 Å². The summed E-state index contributed by atoms with van der Waals surface area (Å²) < 4.78 is 65.5. The minimum Gasteiger partial charge on any atom is -0.392 e. The number of aliphatic hydroxyl groups excluding tert-OH is 1. The predicted octanol–water partition coefficient (Wildman–Crippen LogP) is 4.63. The third-order valence-electron chi connectivity index (χ3n) is 2.65. The number of benzene rings is 2. The molecule has 0 heterocycles. The van der Waals surface area contributed by atoms with E-state index in [9.17, 15) is 22.0 Å². The largest absolute Gasteiger partial charge is 0.417 e. The molecule has 112 valence electrons. The fraction of sp³-hybridized carbons (Fsp3) is 0.143. The SMILES string of the molecule is OCc1ccc(Sc2cc(F)ccc2F)c(C(F)(F)F)c1. The first-order valence-electron chi connectivity index (χ1n) is 5.75. The van der Waals surface area contributed by atoms with Gasteiger partial charge in [-0.05, 0) is 35.9 Å². The maximum Gasteiger partial charge on any atom is 0.417 e. The normalized spacial score (nSPS) is 11.7. The van der Waals surface area contributed by atoms with Gasteiger partial charge in [0.1, 0.15) is 11.6 Å². The molecule has 0 spiro atoms. The molecule has 1 nitrogen and oxygen atoms in total. The molecule has 0 amide bonds. The van der Waals surface area contributed by atoms with Crippen molar-refractivity contribution in [1.29, 1.82) is 0 Å². The van der Waals surface area contributed by atoms with Crippen LogP contribution in [-0.4, -0.2) is 5.11 Å². The van der Waals surface area contributed by atoms with Gasteiger partial charge in [-0.25, -0.2) is 8.78 Å². The number of aliphatic hydroxyl groups is 1. The van der Waals surface area contributed by atoms with Crippen molar-refractivity contribution in [2.24, 2.45) is 0 Å². The van der Waals surface area contributed by atoms with Crippen LogP contribution in [0.2, 0.25) is 0 Å². The minimum absolute atomic E-state index is 0.0892. The van der Waals surface area contributed by atoms with Gasteiger partial charge in [0.15, 0.2) is 0 Å². The Morgan fingerprint density at radius 1 is 0.952 bits per heavy atom. The predicted molar refractivity (Wildman–Crippen MR) is 67.8 cm³/mol. The van der Waals surface area contributed by atoms with Crippen LogP contribution in [0.5, 0.6) is 0 Å². The molecule has 1 N–H and O–H groups in total. The molecule has 0 bridgehead atoms. The van der Waals surface area contributed by atoms with Crippen LogP contribution in [0, 0.1) is 11.6 Å². The van der Waals surface area contributed by atoms with Crippen molar-refractivity contribution in [2.75, 3.05) is 0 Å². The molecule has 0 unspecified atom stereocenters. The van der Waals surface area contributed by atoms with Gasteiger partial charge < -0.3 is 5.11 Å². The van der Waals surface area contributed by atoms with Gasteiger partial charge in [0.05, 0.1) is 17.1 Å². The summed E-state index contributed by atoms with van der Waals surface area (Å²) in [6, 6.07) is 5.80. The summed E-state index contributed by atoms with van der Waals surface area (Å²) in [5.41, 5.74) is -0.908. The summed E-state index contributed by atoms with van der Waals surface area (Å²) in [7, 11) is 0. The van der Waals surface area contributed by atoms with Gasteiger partial charge in [-0.3, -0.25) is 0 Å². The van der Waals surface area contributed by atoms with Crippen LogP contribution in [0.25, 0.3) is 0 Å². The van der Waals surface area contributed by atoms with Gasteiger partial charge in [0, 0.05) is 4.90 Å². The Kier molecular flexibility index (Phi) is 4.53. The van der Waals surface area contributed by atoms with Crippen LogP contribution in [0.4, 0.5) is 22.0 Å².